The van der Waals surface area contributed by atoms with Crippen LogP contribution in [0.1, 0.15) is 0 Å². The molecule has 0 aromatic rings. The zero-order valence-corrected chi connectivity index (χ0v) is 6.30. The van der Waals surface area contributed by atoms with E-state index in [-0.39, 0.29) is 7.93 Å². The summed E-state index contributed by atoms with van der Waals surface area (Å²) in [5, 5.41) is 0. The van der Waals surface area contributed by atoms with Gasteiger partial charge in [0.2, 0.25) is 5.64 Å². The molecule has 1 unspecified atom stereocenters. The first-order chi connectivity index (χ1) is 4.43. The predicted molar refractivity (Wildman–Crippen MR) is 41.0 cm³/mol. The molecule has 0 N–H and O–H groups in total. The Morgan fingerprint density at radius 2 is 2.44 bits per heavy atom. The van der Waals surface area contributed by atoms with Gasteiger partial charge in [-0.15, -0.1) is 0 Å². The lowest BCUT2D eigenvalue weighted by Crippen LogP contribution is -1.85. The summed E-state index contributed by atoms with van der Waals surface area (Å²) >= 11 is 5.46. The van der Waals surface area contributed by atoms with Crippen LogP contribution in [0.25, 0.3) is 0 Å². The van der Waals surface area contributed by atoms with Gasteiger partial charge in [-0.05, 0) is 12.2 Å². The van der Waals surface area contributed by atoms with Crippen molar-refractivity contribution in [1.29, 1.82) is 0 Å². The number of rotatable bonds is 1. The molecule has 1 rings (SSSR count). The van der Waals surface area contributed by atoms with Gasteiger partial charge in [-0.1, -0.05) is 11.2 Å². The average Bonchev–Trinajstić information content (AvgIpc) is 2.13. The summed E-state index contributed by atoms with van der Waals surface area (Å²) in [5.74, 6) is 0. The van der Waals surface area contributed by atoms with Gasteiger partial charge in [0, 0.05) is 6.20 Å². The SMILES string of the molecule is ClPC1=NC=CC=CO1. The summed E-state index contributed by atoms with van der Waals surface area (Å²) < 4.78 is 4.94. The molecule has 0 amide bonds. The zero-order valence-electron chi connectivity index (χ0n) is 4.54. The molecule has 1 aliphatic heterocycles. The molecule has 1 atom stereocenters. The molecule has 0 aromatic heterocycles. The van der Waals surface area contributed by atoms with E-state index in [4.69, 9.17) is 16.0 Å². The Balaban J connectivity index is 2.62. The van der Waals surface area contributed by atoms with Crippen molar-refractivity contribution < 1.29 is 4.74 Å². The second-order valence-electron chi connectivity index (χ2n) is 1.32. The van der Waals surface area contributed by atoms with E-state index in [9.17, 15) is 0 Å². The summed E-state index contributed by atoms with van der Waals surface area (Å²) in [6.45, 7) is 0. The van der Waals surface area contributed by atoms with E-state index in [0.717, 1.165) is 0 Å². The third-order valence-corrected chi connectivity index (χ3v) is 1.62. The molecule has 2 nitrogen and oxygen atoms in total. The first-order valence-corrected chi connectivity index (χ1v) is 4.37. The number of ether oxygens (including phenoxy) is 1. The molecule has 4 heteroatoms. The minimum atomic E-state index is 0.100. The van der Waals surface area contributed by atoms with Crippen LogP contribution >= 0.6 is 19.2 Å². The minimum absolute atomic E-state index is 0.100. The van der Waals surface area contributed by atoms with Crippen LogP contribution in [0.3, 0.4) is 0 Å². The van der Waals surface area contributed by atoms with Gasteiger partial charge >= 0.3 is 0 Å². The standard InChI is InChI=1S/C5H5ClNOP/c6-9-5-7-3-1-2-4-8-5/h1-4,9H. The lowest BCUT2D eigenvalue weighted by atomic mass is 10.6. The molecule has 0 radical (unpaired) electrons. The summed E-state index contributed by atoms with van der Waals surface area (Å²) in [6.07, 6.45) is 6.74. The van der Waals surface area contributed by atoms with Crippen molar-refractivity contribution in [3.05, 3.63) is 24.6 Å². The molecule has 0 saturated heterocycles. The Morgan fingerprint density at radius 3 is 3.22 bits per heavy atom. The zero-order chi connectivity index (χ0) is 6.53. The highest BCUT2D eigenvalue weighted by atomic mass is 35.7. The van der Waals surface area contributed by atoms with Crippen molar-refractivity contribution in [1.82, 2.24) is 0 Å². The maximum Gasteiger partial charge on any atom is 0.228 e. The van der Waals surface area contributed by atoms with E-state index >= 15 is 0 Å². The molecule has 1 heterocycles. The molecule has 1 aliphatic rings. The van der Waals surface area contributed by atoms with Crippen LogP contribution in [0.2, 0.25) is 0 Å². The third-order valence-electron chi connectivity index (χ3n) is 0.728. The van der Waals surface area contributed by atoms with E-state index < -0.39 is 0 Å². The maximum absolute atomic E-state index is 5.46. The molecule has 0 spiro atoms. The molecular formula is C5H5ClNOP. The van der Waals surface area contributed by atoms with Gasteiger partial charge in [0.15, 0.2) is 0 Å². The quantitative estimate of drug-likeness (QED) is 0.541. The topological polar surface area (TPSA) is 21.6 Å². The van der Waals surface area contributed by atoms with E-state index in [1.165, 1.54) is 0 Å². The first kappa shape index (κ1) is 6.79. The Labute approximate surface area is 59.8 Å². The van der Waals surface area contributed by atoms with Crippen LogP contribution in [0.4, 0.5) is 0 Å². The fraction of sp³-hybridized carbons (Fsp3) is 0. The van der Waals surface area contributed by atoms with Gasteiger partial charge in [-0.2, -0.15) is 0 Å². The maximum atomic E-state index is 5.46. The second-order valence-corrected chi connectivity index (χ2v) is 2.50. The van der Waals surface area contributed by atoms with Crippen molar-refractivity contribution in [2.24, 2.45) is 4.99 Å². The molecule has 9 heavy (non-hydrogen) atoms. The molecule has 0 fully saturated rings. The van der Waals surface area contributed by atoms with Crippen LogP contribution in [-0.2, 0) is 4.74 Å². The molecule has 0 bridgehead atoms. The van der Waals surface area contributed by atoms with Crippen LogP contribution < -0.4 is 0 Å². The summed E-state index contributed by atoms with van der Waals surface area (Å²) in [6, 6.07) is 0. The van der Waals surface area contributed by atoms with Gasteiger partial charge in [-0.25, -0.2) is 4.99 Å². The monoisotopic (exact) mass is 161 g/mol. The first-order valence-electron chi connectivity index (χ1n) is 2.36. The lowest BCUT2D eigenvalue weighted by Gasteiger charge is -1.94. The number of hydrogen-bond donors (Lipinski definition) is 0. The Kier molecular flexibility index (Phi) is 2.75. The average molecular weight is 162 g/mol. The van der Waals surface area contributed by atoms with Crippen LogP contribution in [0.5, 0.6) is 0 Å². The second kappa shape index (κ2) is 3.65. The normalized spacial score (nSPS) is 17.7. The minimum Gasteiger partial charge on any atom is -0.446 e. The van der Waals surface area contributed by atoms with Gasteiger partial charge in [0.05, 0.1) is 14.2 Å². The van der Waals surface area contributed by atoms with Crippen LogP contribution in [-0.4, -0.2) is 5.64 Å². The largest absolute Gasteiger partial charge is 0.446 e. The number of halogens is 1. The van der Waals surface area contributed by atoms with Crippen molar-refractivity contribution in [3.8, 4) is 0 Å². The number of hydrogen-bond acceptors (Lipinski definition) is 2. The number of nitrogens with zero attached hydrogens (tertiary/aromatic N) is 1. The lowest BCUT2D eigenvalue weighted by molar-refractivity contribution is 0.488. The van der Waals surface area contributed by atoms with Crippen LogP contribution in [0.15, 0.2) is 29.6 Å². The van der Waals surface area contributed by atoms with Crippen molar-refractivity contribution in [2.45, 2.75) is 0 Å². The van der Waals surface area contributed by atoms with E-state index in [2.05, 4.69) is 4.99 Å². The molecule has 0 aliphatic carbocycles. The summed E-state index contributed by atoms with van der Waals surface area (Å²) in [5.41, 5.74) is 0.557. The third kappa shape index (κ3) is 2.17. The van der Waals surface area contributed by atoms with Crippen molar-refractivity contribution in [2.75, 3.05) is 0 Å². The fourth-order valence-corrected chi connectivity index (χ4v) is 0.903. The Hall–Kier alpha value is -0.330. The number of aliphatic imine (C=N–C) groups is 1. The van der Waals surface area contributed by atoms with E-state index in [1.54, 1.807) is 24.6 Å². The highest BCUT2D eigenvalue weighted by molar-refractivity contribution is 7.82. The molecule has 48 valence electrons. The van der Waals surface area contributed by atoms with Crippen LogP contribution in [0, 0.1) is 0 Å². The highest BCUT2D eigenvalue weighted by Crippen LogP contribution is 2.20. The van der Waals surface area contributed by atoms with Gasteiger partial charge in [0.25, 0.3) is 0 Å². The molecule has 0 saturated carbocycles. The predicted octanol–water partition coefficient (Wildman–Crippen LogP) is 2.23. The van der Waals surface area contributed by atoms with E-state index in [0.29, 0.717) is 5.64 Å². The molecule has 0 aromatic carbocycles. The summed E-state index contributed by atoms with van der Waals surface area (Å²) in [7, 11) is 0.100. The van der Waals surface area contributed by atoms with E-state index in [1.807, 2.05) is 0 Å². The Bertz CT molecular complexity index is 176. The van der Waals surface area contributed by atoms with Crippen molar-refractivity contribution >= 4 is 24.8 Å². The summed E-state index contributed by atoms with van der Waals surface area (Å²) in [4.78, 5) is 3.87. The van der Waals surface area contributed by atoms with Gasteiger partial charge in [-0.3, -0.25) is 0 Å². The Morgan fingerprint density at radius 1 is 1.56 bits per heavy atom. The molecular weight excluding hydrogens is 156 g/mol. The highest BCUT2D eigenvalue weighted by Gasteiger charge is 1.93. The number of allylic oxidation sites excluding steroid dienone is 2. The van der Waals surface area contributed by atoms with Crippen molar-refractivity contribution in [3.63, 3.8) is 0 Å². The van der Waals surface area contributed by atoms with Gasteiger partial charge < -0.3 is 4.74 Å². The smallest absolute Gasteiger partial charge is 0.228 e. The van der Waals surface area contributed by atoms with Gasteiger partial charge in [0.1, 0.15) is 0 Å². The fourth-order valence-electron chi connectivity index (χ4n) is 0.387.